The Bertz CT molecular complexity index is 478. The normalized spacial score (nSPS) is 10.4. The van der Waals surface area contributed by atoms with Crippen LogP contribution >= 0.6 is 27.5 Å². The first-order valence-electron chi connectivity index (χ1n) is 5.92. The number of hydrogen-bond donors (Lipinski definition) is 2. The van der Waals surface area contributed by atoms with Crippen molar-refractivity contribution in [1.82, 2.24) is 10.6 Å². The first-order valence-corrected chi connectivity index (χ1v) is 7.10. The number of halogens is 2. The highest BCUT2D eigenvalue weighted by Gasteiger charge is 2.08. The molecule has 0 saturated carbocycles. The van der Waals surface area contributed by atoms with Crippen LogP contribution in [0.4, 0.5) is 0 Å². The maximum Gasteiger partial charge on any atom is 0.251 e. The van der Waals surface area contributed by atoms with Gasteiger partial charge in [-0.2, -0.15) is 0 Å². The molecule has 19 heavy (non-hydrogen) atoms. The Balaban J connectivity index is 2.39. The fourth-order valence-electron chi connectivity index (χ4n) is 1.31. The summed E-state index contributed by atoms with van der Waals surface area (Å²) in [7, 11) is 0. The molecule has 0 aromatic heterocycles. The average Bonchev–Trinajstić information content (AvgIpc) is 2.37. The van der Waals surface area contributed by atoms with Crippen molar-refractivity contribution in [3.63, 3.8) is 0 Å². The fraction of sp³-hybridized carbons (Fsp3) is 0.385. The molecule has 2 amide bonds. The predicted octanol–water partition coefficient (Wildman–Crippen LogP) is 2.60. The Morgan fingerprint density at radius 3 is 2.47 bits per heavy atom. The molecule has 6 heteroatoms. The van der Waals surface area contributed by atoms with Crippen LogP contribution in [0, 0.1) is 5.92 Å². The molecule has 0 atom stereocenters. The van der Waals surface area contributed by atoms with Crippen molar-refractivity contribution in [2.24, 2.45) is 5.92 Å². The maximum atomic E-state index is 11.8. The topological polar surface area (TPSA) is 58.2 Å². The van der Waals surface area contributed by atoms with Crippen LogP contribution in [0.3, 0.4) is 0 Å². The number of rotatable bonds is 5. The van der Waals surface area contributed by atoms with E-state index in [2.05, 4.69) is 26.6 Å². The second-order valence-electron chi connectivity index (χ2n) is 4.33. The minimum absolute atomic E-state index is 0.0245. The molecule has 0 aliphatic carbocycles. The smallest absolute Gasteiger partial charge is 0.251 e. The van der Waals surface area contributed by atoms with Crippen LogP contribution in [-0.4, -0.2) is 24.9 Å². The van der Waals surface area contributed by atoms with Gasteiger partial charge in [0, 0.05) is 29.0 Å². The predicted molar refractivity (Wildman–Crippen MR) is 79.3 cm³/mol. The van der Waals surface area contributed by atoms with Crippen molar-refractivity contribution in [1.29, 1.82) is 0 Å². The summed E-state index contributed by atoms with van der Waals surface area (Å²) >= 11 is 9.11. The van der Waals surface area contributed by atoms with E-state index in [0.29, 0.717) is 28.1 Å². The van der Waals surface area contributed by atoms with E-state index >= 15 is 0 Å². The first kappa shape index (κ1) is 16.0. The summed E-state index contributed by atoms with van der Waals surface area (Å²) in [5.74, 6) is -0.275. The molecule has 0 aliphatic heterocycles. The Labute approximate surface area is 126 Å². The highest BCUT2D eigenvalue weighted by molar-refractivity contribution is 9.10. The molecule has 0 bridgehead atoms. The Kier molecular flexibility index (Phi) is 6.31. The first-order chi connectivity index (χ1) is 8.91. The molecule has 0 spiro atoms. The van der Waals surface area contributed by atoms with Crippen LogP contribution in [0.25, 0.3) is 0 Å². The summed E-state index contributed by atoms with van der Waals surface area (Å²) in [6.45, 7) is 4.44. The van der Waals surface area contributed by atoms with E-state index < -0.39 is 0 Å². The molecule has 0 unspecified atom stereocenters. The Hall–Kier alpha value is -1.07. The molecule has 0 fully saturated rings. The number of carbonyl (C=O) groups excluding carboxylic acids is 2. The third-order valence-corrected chi connectivity index (χ3v) is 3.63. The van der Waals surface area contributed by atoms with Gasteiger partial charge in [-0.3, -0.25) is 9.59 Å². The third-order valence-electron chi connectivity index (χ3n) is 2.42. The lowest BCUT2D eigenvalue weighted by Gasteiger charge is -2.09. The lowest BCUT2D eigenvalue weighted by atomic mass is 10.2. The van der Waals surface area contributed by atoms with Gasteiger partial charge in [0.15, 0.2) is 0 Å². The Morgan fingerprint density at radius 2 is 1.89 bits per heavy atom. The maximum absolute atomic E-state index is 11.8. The lowest BCUT2D eigenvalue weighted by molar-refractivity contribution is -0.123. The van der Waals surface area contributed by atoms with Crippen molar-refractivity contribution in [3.8, 4) is 0 Å². The van der Waals surface area contributed by atoms with Gasteiger partial charge < -0.3 is 10.6 Å². The van der Waals surface area contributed by atoms with E-state index in [9.17, 15) is 9.59 Å². The van der Waals surface area contributed by atoms with E-state index in [-0.39, 0.29) is 17.7 Å². The minimum atomic E-state index is -0.198. The summed E-state index contributed by atoms with van der Waals surface area (Å²) < 4.78 is 0.676. The largest absolute Gasteiger partial charge is 0.354 e. The minimum Gasteiger partial charge on any atom is -0.354 e. The fourth-order valence-corrected chi connectivity index (χ4v) is 1.80. The van der Waals surface area contributed by atoms with Crippen molar-refractivity contribution >= 4 is 39.3 Å². The molecule has 1 aromatic carbocycles. The van der Waals surface area contributed by atoms with Gasteiger partial charge in [-0.25, -0.2) is 0 Å². The standard InChI is InChI=1S/C13H16BrClN2O2/c1-8(2)12(18)16-5-6-17-13(19)9-3-4-11(15)10(14)7-9/h3-4,7-8H,5-6H2,1-2H3,(H,16,18)(H,17,19). The molecule has 4 nitrogen and oxygen atoms in total. The third kappa shape index (κ3) is 5.20. The van der Waals surface area contributed by atoms with Crippen LogP contribution in [-0.2, 0) is 4.79 Å². The van der Waals surface area contributed by atoms with Crippen molar-refractivity contribution in [2.45, 2.75) is 13.8 Å². The van der Waals surface area contributed by atoms with Gasteiger partial charge in [0.1, 0.15) is 0 Å². The highest BCUT2D eigenvalue weighted by Crippen LogP contribution is 2.23. The average molecular weight is 348 g/mol. The molecule has 0 saturated heterocycles. The monoisotopic (exact) mass is 346 g/mol. The zero-order valence-electron chi connectivity index (χ0n) is 10.8. The number of nitrogens with one attached hydrogen (secondary N) is 2. The molecule has 2 N–H and O–H groups in total. The van der Waals surface area contributed by atoms with Crippen LogP contribution in [0.2, 0.25) is 5.02 Å². The van der Waals surface area contributed by atoms with E-state index in [1.807, 2.05) is 13.8 Å². The molecule has 0 heterocycles. The summed E-state index contributed by atoms with van der Waals surface area (Å²) in [6.07, 6.45) is 0. The number of carbonyl (C=O) groups is 2. The molecule has 0 aliphatic rings. The number of benzene rings is 1. The van der Waals surface area contributed by atoms with E-state index in [1.54, 1.807) is 18.2 Å². The van der Waals surface area contributed by atoms with Gasteiger partial charge in [-0.15, -0.1) is 0 Å². The van der Waals surface area contributed by atoms with Gasteiger partial charge in [0.05, 0.1) is 5.02 Å². The highest BCUT2D eigenvalue weighted by atomic mass is 79.9. The van der Waals surface area contributed by atoms with Gasteiger partial charge >= 0.3 is 0 Å². The SMILES string of the molecule is CC(C)C(=O)NCCNC(=O)c1ccc(Cl)c(Br)c1. The zero-order valence-corrected chi connectivity index (χ0v) is 13.1. The molecular formula is C13H16BrClN2O2. The molecular weight excluding hydrogens is 332 g/mol. The van der Waals surface area contributed by atoms with Crippen LogP contribution in [0.15, 0.2) is 22.7 Å². The second kappa shape index (κ2) is 7.50. The van der Waals surface area contributed by atoms with Crippen LogP contribution in [0.1, 0.15) is 24.2 Å². The number of amides is 2. The lowest BCUT2D eigenvalue weighted by Crippen LogP contribution is -2.36. The van der Waals surface area contributed by atoms with E-state index in [0.717, 1.165) is 0 Å². The van der Waals surface area contributed by atoms with Crippen molar-refractivity contribution in [2.75, 3.05) is 13.1 Å². The molecule has 104 valence electrons. The van der Waals surface area contributed by atoms with Crippen LogP contribution < -0.4 is 10.6 Å². The van der Waals surface area contributed by atoms with Gasteiger partial charge in [0.2, 0.25) is 5.91 Å². The van der Waals surface area contributed by atoms with Gasteiger partial charge in [-0.05, 0) is 34.1 Å². The van der Waals surface area contributed by atoms with E-state index in [1.165, 1.54) is 0 Å². The summed E-state index contributed by atoms with van der Waals surface area (Å²) in [4.78, 5) is 23.1. The zero-order chi connectivity index (χ0) is 14.4. The molecule has 1 aromatic rings. The van der Waals surface area contributed by atoms with E-state index in [4.69, 9.17) is 11.6 Å². The summed E-state index contributed by atoms with van der Waals surface area (Å²) in [5, 5.41) is 6.00. The number of hydrogen-bond acceptors (Lipinski definition) is 2. The van der Waals surface area contributed by atoms with Crippen molar-refractivity contribution < 1.29 is 9.59 Å². The molecule has 0 radical (unpaired) electrons. The second-order valence-corrected chi connectivity index (χ2v) is 5.59. The summed E-state index contributed by atoms with van der Waals surface area (Å²) in [6, 6.07) is 4.96. The molecule has 1 rings (SSSR count). The van der Waals surface area contributed by atoms with Gasteiger partial charge in [-0.1, -0.05) is 25.4 Å². The quantitative estimate of drug-likeness (QED) is 0.804. The van der Waals surface area contributed by atoms with Crippen molar-refractivity contribution in [3.05, 3.63) is 33.3 Å². The Morgan fingerprint density at radius 1 is 1.26 bits per heavy atom. The van der Waals surface area contributed by atoms with Gasteiger partial charge in [0.25, 0.3) is 5.91 Å². The van der Waals surface area contributed by atoms with Crippen LogP contribution in [0.5, 0.6) is 0 Å². The summed E-state index contributed by atoms with van der Waals surface area (Å²) in [5.41, 5.74) is 0.520.